The Hall–Kier alpha value is -3.57. The van der Waals surface area contributed by atoms with Crippen LogP contribution in [0.1, 0.15) is 23.1 Å². The quantitative estimate of drug-likeness (QED) is 0.500. The lowest BCUT2D eigenvalue weighted by Crippen LogP contribution is -2.36. The van der Waals surface area contributed by atoms with Crippen LogP contribution in [0.15, 0.2) is 78.5 Å². The molecule has 2 amide bonds. The highest BCUT2D eigenvalue weighted by molar-refractivity contribution is 6.37. The highest BCUT2D eigenvalue weighted by Gasteiger charge is 2.43. The molecule has 3 aromatic carbocycles. The number of rotatable bonds is 5. The summed E-state index contributed by atoms with van der Waals surface area (Å²) in [5.74, 6) is 0.0294. The predicted molar refractivity (Wildman–Crippen MR) is 129 cm³/mol. The topological polar surface area (TPSA) is 49.9 Å². The maximum Gasteiger partial charge on any atom is 0.278 e. The number of carbonyl (C=O) groups excluding carboxylic acids is 2. The summed E-state index contributed by atoms with van der Waals surface area (Å²) < 4.78 is 5.45. The Morgan fingerprint density at radius 2 is 1.64 bits per heavy atom. The highest BCUT2D eigenvalue weighted by atomic mass is 35.5. The van der Waals surface area contributed by atoms with Gasteiger partial charge in [-0.05, 0) is 48.2 Å². The third kappa shape index (κ3) is 3.79. The van der Waals surface area contributed by atoms with Gasteiger partial charge in [0.05, 0.1) is 19.2 Å². The van der Waals surface area contributed by atoms with Crippen LogP contribution >= 0.6 is 11.6 Å². The Bertz CT molecular complexity index is 1270. The predicted octanol–water partition coefficient (Wildman–Crippen LogP) is 5.08. The number of halogens is 1. The van der Waals surface area contributed by atoms with E-state index in [1.807, 2.05) is 47.4 Å². The standard InChI is InChI=1S/C27H23ClN2O3/c1-33-23-11-5-3-8-20(23)17-30-26(31)24(19-12-14-21(28)15-13-19)25(27(30)32)29-16-6-9-18-7-2-4-10-22(18)29/h2-5,7-8,10-15H,6,9,16-17H2,1H3. The molecule has 0 aromatic heterocycles. The zero-order valence-corrected chi connectivity index (χ0v) is 19.0. The number of nitrogens with zero attached hydrogens (tertiary/aromatic N) is 2. The van der Waals surface area contributed by atoms with Crippen LogP contribution in [0.2, 0.25) is 5.02 Å². The fraction of sp³-hybridized carbons (Fsp3) is 0.185. The summed E-state index contributed by atoms with van der Waals surface area (Å²) in [7, 11) is 1.58. The second kappa shape index (κ2) is 8.75. The van der Waals surface area contributed by atoms with Crippen molar-refractivity contribution in [2.24, 2.45) is 0 Å². The maximum atomic E-state index is 13.8. The first-order valence-electron chi connectivity index (χ1n) is 10.9. The first kappa shape index (κ1) is 21.3. The van der Waals surface area contributed by atoms with Gasteiger partial charge in [0.1, 0.15) is 11.4 Å². The first-order valence-corrected chi connectivity index (χ1v) is 11.3. The number of hydrogen-bond acceptors (Lipinski definition) is 4. The molecule has 0 unspecified atom stereocenters. The van der Waals surface area contributed by atoms with E-state index in [1.165, 1.54) is 10.5 Å². The van der Waals surface area contributed by atoms with Crippen LogP contribution in [0.25, 0.3) is 5.57 Å². The number of para-hydroxylation sites is 2. The summed E-state index contributed by atoms with van der Waals surface area (Å²) in [4.78, 5) is 30.9. The molecule has 0 fully saturated rings. The monoisotopic (exact) mass is 458 g/mol. The van der Waals surface area contributed by atoms with Gasteiger partial charge in [-0.1, -0.05) is 60.1 Å². The number of fused-ring (bicyclic) bond motifs is 1. The average molecular weight is 459 g/mol. The van der Waals surface area contributed by atoms with E-state index < -0.39 is 0 Å². The van der Waals surface area contributed by atoms with Crippen molar-refractivity contribution in [3.63, 3.8) is 0 Å². The second-order valence-electron chi connectivity index (χ2n) is 8.12. The van der Waals surface area contributed by atoms with Crippen LogP contribution in [0.3, 0.4) is 0 Å². The highest BCUT2D eigenvalue weighted by Crippen LogP contribution is 2.39. The summed E-state index contributed by atoms with van der Waals surface area (Å²) in [6.45, 7) is 0.808. The summed E-state index contributed by atoms with van der Waals surface area (Å²) in [5, 5.41) is 0.576. The van der Waals surface area contributed by atoms with Gasteiger partial charge in [0.2, 0.25) is 0 Å². The lowest BCUT2D eigenvalue weighted by Gasteiger charge is -2.32. The summed E-state index contributed by atoms with van der Waals surface area (Å²) in [6, 6.07) is 22.6. The molecule has 0 bridgehead atoms. The Morgan fingerprint density at radius 1 is 0.909 bits per heavy atom. The van der Waals surface area contributed by atoms with Crippen molar-refractivity contribution >= 4 is 34.7 Å². The van der Waals surface area contributed by atoms with Gasteiger partial charge < -0.3 is 9.64 Å². The molecule has 5 nitrogen and oxygen atoms in total. The van der Waals surface area contributed by atoms with Crippen molar-refractivity contribution in [3.05, 3.63) is 100 Å². The number of hydrogen-bond donors (Lipinski definition) is 0. The third-order valence-electron chi connectivity index (χ3n) is 6.18. The number of imide groups is 1. The number of carbonyl (C=O) groups is 2. The number of anilines is 1. The normalized spacial score (nSPS) is 15.8. The van der Waals surface area contributed by atoms with E-state index in [9.17, 15) is 9.59 Å². The number of amides is 2. The van der Waals surface area contributed by atoms with Gasteiger partial charge in [0.15, 0.2) is 0 Å². The van der Waals surface area contributed by atoms with Gasteiger partial charge in [-0.25, -0.2) is 0 Å². The second-order valence-corrected chi connectivity index (χ2v) is 8.56. The minimum absolute atomic E-state index is 0.137. The van der Waals surface area contributed by atoms with E-state index in [4.69, 9.17) is 16.3 Å². The molecular formula is C27H23ClN2O3. The van der Waals surface area contributed by atoms with Gasteiger partial charge >= 0.3 is 0 Å². The zero-order chi connectivity index (χ0) is 22.9. The smallest absolute Gasteiger partial charge is 0.278 e. The number of aryl methyl sites for hydroxylation is 1. The van der Waals surface area contributed by atoms with Gasteiger partial charge in [-0.2, -0.15) is 0 Å². The molecule has 0 saturated carbocycles. The molecule has 2 heterocycles. The molecule has 0 saturated heterocycles. The van der Waals surface area contributed by atoms with Crippen molar-refractivity contribution in [2.45, 2.75) is 19.4 Å². The number of methoxy groups -OCH3 is 1. The SMILES string of the molecule is COc1ccccc1CN1C(=O)C(c2ccc(Cl)cc2)=C(N2CCCc3ccccc32)C1=O. The molecule has 33 heavy (non-hydrogen) atoms. The minimum atomic E-state index is -0.314. The lowest BCUT2D eigenvalue weighted by atomic mass is 9.98. The fourth-order valence-corrected chi connectivity index (χ4v) is 4.73. The molecule has 0 atom stereocenters. The summed E-state index contributed by atoms with van der Waals surface area (Å²) in [5.41, 5.74) is 4.43. The molecule has 3 aromatic rings. The molecule has 5 rings (SSSR count). The van der Waals surface area contributed by atoms with E-state index in [2.05, 4.69) is 6.07 Å². The molecule has 166 valence electrons. The Labute approximate surface area is 197 Å². The van der Waals surface area contributed by atoms with Gasteiger partial charge in [-0.15, -0.1) is 0 Å². The van der Waals surface area contributed by atoms with Crippen LogP contribution in [-0.4, -0.2) is 30.4 Å². The maximum absolute atomic E-state index is 13.8. The van der Waals surface area contributed by atoms with Crippen LogP contribution < -0.4 is 9.64 Å². The zero-order valence-electron chi connectivity index (χ0n) is 18.3. The van der Waals surface area contributed by atoms with Crippen molar-refractivity contribution in [1.29, 1.82) is 0 Å². The van der Waals surface area contributed by atoms with Crippen molar-refractivity contribution < 1.29 is 14.3 Å². The number of benzene rings is 3. The number of ether oxygens (including phenoxy) is 1. The fourth-order valence-electron chi connectivity index (χ4n) is 4.60. The molecular weight excluding hydrogens is 436 g/mol. The summed E-state index contributed by atoms with van der Waals surface area (Å²) in [6.07, 6.45) is 1.85. The Balaban J connectivity index is 1.62. The van der Waals surface area contributed by atoms with Crippen LogP contribution in [0.4, 0.5) is 5.69 Å². The van der Waals surface area contributed by atoms with Crippen molar-refractivity contribution in [3.8, 4) is 5.75 Å². The van der Waals surface area contributed by atoms with E-state index >= 15 is 0 Å². The van der Waals surface area contributed by atoms with E-state index in [-0.39, 0.29) is 18.4 Å². The van der Waals surface area contributed by atoms with Gasteiger partial charge in [0.25, 0.3) is 11.8 Å². The molecule has 0 spiro atoms. The van der Waals surface area contributed by atoms with Crippen molar-refractivity contribution in [1.82, 2.24) is 4.90 Å². The average Bonchev–Trinajstić information content (AvgIpc) is 3.09. The van der Waals surface area contributed by atoms with Gasteiger partial charge in [0, 0.05) is 22.8 Å². The first-order chi connectivity index (χ1) is 16.1. The van der Waals surface area contributed by atoms with Crippen LogP contribution in [-0.2, 0) is 22.6 Å². The Kier molecular flexibility index (Phi) is 5.65. The molecule has 6 heteroatoms. The molecule has 2 aliphatic rings. The molecule has 0 N–H and O–H groups in total. The summed E-state index contributed by atoms with van der Waals surface area (Å²) >= 11 is 6.10. The van der Waals surface area contributed by atoms with E-state index in [1.54, 1.807) is 31.4 Å². The lowest BCUT2D eigenvalue weighted by molar-refractivity contribution is -0.137. The Morgan fingerprint density at radius 3 is 2.42 bits per heavy atom. The largest absolute Gasteiger partial charge is 0.496 e. The van der Waals surface area contributed by atoms with Crippen LogP contribution in [0.5, 0.6) is 5.75 Å². The molecule has 2 aliphatic heterocycles. The minimum Gasteiger partial charge on any atom is -0.496 e. The molecule has 0 aliphatic carbocycles. The van der Waals surface area contributed by atoms with E-state index in [0.717, 1.165) is 24.1 Å². The van der Waals surface area contributed by atoms with Gasteiger partial charge in [-0.3, -0.25) is 14.5 Å². The van der Waals surface area contributed by atoms with Crippen LogP contribution in [0, 0.1) is 0 Å². The molecule has 0 radical (unpaired) electrons. The van der Waals surface area contributed by atoms with Crippen molar-refractivity contribution in [2.75, 3.05) is 18.6 Å². The third-order valence-corrected chi connectivity index (χ3v) is 6.43. The van der Waals surface area contributed by atoms with E-state index in [0.29, 0.717) is 34.2 Å².